The van der Waals surface area contributed by atoms with Crippen molar-refractivity contribution in [1.29, 1.82) is 5.26 Å². The van der Waals surface area contributed by atoms with E-state index in [-0.39, 0.29) is 46.6 Å². The minimum atomic E-state index is -5.32. The van der Waals surface area contributed by atoms with Crippen LogP contribution in [0, 0.1) is 18.3 Å². The van der Waals surface area contributed by atoms with Crippen molar-refractivity contribution in [2.24, 2.45) is 0 Å². The van der Waals surface area contributed by atoms with Gasteiger partial charge in [0.25, 0.3) is 5.60 Å². The second kappa shape index (κ2) is 13.8. The standard InChI is InChI=1S/C34H41F3N4O7Si/c1-21-16-26(44-5)28(23-12-13-40(29(21)23)31(43)48-32(2,3)4)33(34(35,36)37,47-19-27(42)45-6)30-39-24-17-22(18-38)10-11-25(24)41(30)20-46-14-15-49(7,8)9/h10-13,16-17H,14-15,19-20H2,1-9H3. The first-order chi connectivity index (χ1) is 22.8. The van der Waals surface area contributed by atoms with Gasteiger partial charge in [0, 0.05) is 26.3 Å². The van der Waals surface area contributed by atoms with Crippen LogP contribution in [-0.2, 0) is 36.1 Å². The van der Waals surface area contributed by atoms with E-state index < -0.39 is 55.5 Å². The van der Waals surface area contributed by atoms with Crippen LogP contribution in [0.25, 0.3) is 21.9 Å². The number of carbonyl (C=O) groups is 2. The Balaban J connectivity index is 2.15. The third-order valence-corrected chi connectivity index (χ3v) is 9.43. The molecule has 2 aromatic heterocycles. The molecule has 0 aliphatic heterocycles. The van der Waals surface area contributed by atoms with Gasteiger partial charge in [-0.3, -0.25) is 4.57 Å². The van der Waals surface area contributed by atoms with Crippen LogP contribution in [0.15, 0.2) is 36.5 Å². The van der Waals surface area contributed by atoms with Crippen LogP contribution in [0.1, 0.15) is 43.3 Å². The Morgan fingerprint density at radius 2 is 1.76 bits per heavy atom. The normalized spacial score (nSPS) is 13.7. The molecule has 0 saturated heterocycles. The van der Waals surface area contributed by atoms with Crippen LogP contribution >= 0.6 is 0 Å². The third kappa shape index (κ3) is 7.61. The molecule has 0 bridgehead atoms. The molecule has 15 heteroatoms. The fraction of sp³-hybridized carbons (Fsp3) is 0.471. The van der Waals surface area contributed by atoms with Gasteiger partial charge in [0.1, 0.15) is 24.7 Å². The van der Waals surface area contributed by atoms with Crippen LogP contribution in [0.4, 0.5) is 18.0 Å². The number of alkyl halides is 3. The van der Waals surface area contributed by atoms with Gasteiger partial charge < -0.3 is 28.3 Å². The molecule has 0 fully saturated rings. The number of aryl methyl sites for hydroxylation is 1. The molecule has 0 aliphatic rings. The van der Waals surface area contributed by atoms with E-state index in [2.05, 4.69) is 24.6 Å². The number of ether oxygens (including phenoxy) is 5. The topological polar surface area (TPSA) is 127 Å². The van der Waals surface area contributed by atoms with Crippen molar-refractivity contribution in [2.45, 2.75) is 77.5 Å². The Bertz CT molecular complexity index is 1920. The van der Waals surface area contributed by atoms with Gasteiger partial charge in [-0.15, -0.1) is 0 Å². The molecule has 11 nitrogen and oxygen atoms in total. The van der Waals surface area contributed by atoms with Crippen molar-refractivity contribution in [1.82, 2.24) is 14.1 Å². The van der Waals surface area contributed by atoms with E-state index in [9.17, 15) is 14.9 Å². The molecule has 0 aliphatic carbocycles. The van der Waals surface area contributed by atoms with Gasteiger partial charge in [-0.2, -0.15) is 18.4 Å². The second-order valence-electron chi connectivity index (χ2n) is 13.8. The molecule has 2 heterocycles. The molecule has 0 radical (unpaired) electrons. The Morgan fingerprint density at radius 3 is 2.33 bits per heavy atom. The molecular weight excluding hydrogens is 661 g/mol. The summed E-state index contributed by atoms with van der Waals surface area (Å²) in [4.78, 5) is 30.3. The lowest BCUT2D eigenvalue weighted by Gasteiger charge is -2.37. The molecule has 0 spiro atoms. The van der Waals surface area contributed by atoms with E-state index in [1.54, 1.807) is 27.7 Å². The van der Waals surface area contributed by atoms with Crippen molar-refractivity contribution < 1.29 is 46.4 Å². The first kappa shape index (κ1) is 37.4. The van der Waals surface area contributed by atoms with Crippen LogP contribution in [0.3, 0.4) is 0 Å². The zero-order valence-corrected chi connectivity index (χ0v) is 30.1. The first-order valence-corrected chi connectivity index (χ1v) is 19.2. The number of rotatable bonds is 11. The maximum atomic E-state index is 16.3. The fourth-order valence-corrected chi connectivity index (χ4v) is 6.21. The molecule has 2 aromatic carbocycles. The molecule has 4 aromatic rings. The minimum Gasteiger partial charge on any atom is -0.496 e. The van der Waals surface area contributed by atoms with Crippen LogP contribution in [-0.4, -0.2) is 73.5 Å². The van der Waals surface area contributed by atoms with Gasteiger partial charge in [-0.1, -0.05) is 19.6 Å². The highest BCUT2D eigenvalue weighted by atomic mass is 28.3. The second-order valence-corrected chi connectivity index (χ2v) is 19.4. The zero-order chi connectivity index (χ0) is 36.5. The van der Waals surface area contributed by atoms with Gasteiger partial charge >= 0.3 is 18.2 Å². The summed E-state index contributed by atoms with van der Waals surface area (Å²) in [6, 6.07) is 9.71. The summed E-state index contributed by atoms with van der Waals surface area (Å²) in [6.07, 6.45) is -4.83. The van der Waals surface area contributed by atoms with Crippen molar-refractivity contribution >= 4 is 42.1 Å². The van der Waals surface area contributed by atoms with E-state index in [1.165, 1.54) is 48.2 Å². The number of nitrogens with zero attached hydrogens (tertiary/aromatic N) is 4. The van der Waals surface area contributed by atoms with Gasteiger partial charge in [-0.25, -0.2) is 14.6 Å². The monoisotopic (exact) mass is 702 g/mol. The summed E-state index contributed by atoms with van der Waals surface area (Å²) >= 11 is 0. The number of methoxy groups -OCH3 is 2. The van der Waals surface area contributed by atoms with Crippen molar-refractivity contribution in [2.75, 3.05) is 27.4 Å². The highest BCUT2D eigenvalue weighted by molar-refractivity contribution is 6.76. The fourth-order valence-electron chi connectivity index (χ4n) is 5.45. The molecule has 49 heavy (non-hydrogen) atoms. The number of esters is 1. The molecule has 1 atom stereocenters. The number of benzene rings is 2. The molecule has 0 N–H and O–H groups in total. The number of nitriles is 1. The summed E-state index contributed by atoms with van der Waals surface area (Å²) in [5, 5.41) is 9.51. The average Bonchev–Trinajstić information content (AvgIpc) is 3.60. The van der Waals surface area contributed by atoms with Gasteiger partial charge in [-0.05, 0) is 69.6 Å². The Morgan fingerprint density at radius 1 is 1.06 bits per heavy atom. The number of carbonyl (C=O) groups excluding carboxylic acids is 2. The molecule has 264 valence electrons. The number of halogens is 3. The molecule has 0 amide bonds. The number of aromatic nitrogens is 3. The van der Waals surface area contributed by atoms with Crippen molar-refractivity contribution in [3.05, 3.63) is 59.0 Å². The smallest absolute Gasteiger partial charge is 0.429 e. The lowest BCUT2D eigenvalue weighted by Crippen LogP contribution is -2.49. The molecule has 4 rings (SSSR count). The molecular formula is C34H41F3N4O7Si. The molecule has 0 saturated carbocycles. The number of fused-ring (bicyclic) bond motifs is 2. The molecule has 1 unspecified atom stereocenters. The van der Waals surface area contributed by atoms with E-state index in [4.69, 9.17) is 23.7 Å². The van der Waals surface area contributed by atoms with E-state index in [1.807, 2.05) is 6.07 Å². The number of hydrogen-bond acceptors (Lipinski definition) is 9. The van der Waals surface area contributed by atoms with Crippen LogP contribution in [0.2, 0.25) is 25.7 Å². The lowest BCUT2D eigenvalue weighted by atomic mass is 9.86. The number of imidazole rings is 1. The van der Waals surface area contributed by atoms with Gasteiger partial charge in [0.2, 0.25) is 0 Å². The van der Waals surface area contributed by atoms with E-state index in [0.717, 1.165) is 17.7 Å². The predicted octanol–water partition coefficient (Wildman–Crippen LogP) is 7.27. The SMILES string of the molecule is COC(=O)COC(c1c(OC)cc(C)c2c1ccn2C(=O)OC(C)(C)C)(c1nc2cc(C#N)ccc2n1COCC[Si](C)(C)C)C(F)(F)F. The lowest BCUT2D eigenvalue weighted by molar-refractivity contribution is -0.270. The number of hydrogen-bond donors (Lipinski definition) is 0. The summed E-state index contributed by atoms with van der Waals surface area (Å²) in [7, 11) is 0.655. The highest BCUT2D eigenvalue weighted by Gasteiger charge is 2.64. The largest absolute Gasteiger partial charge is 0.496 e. The zero-order valence-electron chi connectivity index (χ0n) is 29.1. The van der Waals surface area contributed by atoms with Gasteiger partial charge in [0.15, 0.2) is 5.82 Å². The summed E-state index contributed by atoms with van der Waals surface area (Å²) in [5.74, 6) is -2.01. The predicted molar refractivity (Wildman–Crippen MR) is 178 cm³/mol. The summed E-state index contributed by atoms with van der Waals surface area (Å²) < 4.78 is 78.7. The summed E-state index contributed by atoms with van der Waals surface area (Å²) in [6.45, 7) is 11.8. The maximum Gasteiger partial charge on any atom is 0.429 e. The Hall–Kier alpha value is -4.39. The minimum absolute atomic E-state index is 0.0618. The van der Waals surface area contributed by atoms with Gasteiger partial charge in [0.05, 0.1) is 48.0 Å². The van der Waals surface area contributed by atoms with Crippen LogP contribution < -0.4 is 4.74 Å². The van der Waals surface area contributed by atoms with Crippen molar-refractivity contribution in [3.8, 4) is 11.8 Å². The first-order valence-electron chi connectivity index (χ1n) is 15.5. The van der Waals surface area contributed by atoms with E-state index >= 15 is 13.2 Å². The third-order valence-electron chi connectivity index (χ3n) is 7.73. The average molecular weight is 703 g/mol. The maximum absolute atomic E-state index is 16.3. The highest BCUT2D eigenvalue weighted by Crippen LogP contribution is 2.53. The Labute approximate surface area is 283 Å². The van der Waals surface area contributed by atoms with Crippen LogP contribution in [0.5, 0.6) is 5.75 Å². The van der Waals surface area contributed by atoms with E-state index in [0.29, 0.717) is 5.56 Å². The Kier molecular flexibility index (Phi) is 10.6. The quantitative estimate of drug-likeness (QED) is 0.0901. The van der Waals surface area contributed by atoms with Crippen molar-refractivity contribution in [3.63, 3.8) is 0 Å². The summed E-state index contributed by atoms with van der Waals surface area (Å²) in [5.41, 5.74) is -4.02.